The first-order chi connectivity index (χ1) is 15.7. The molecule has 0 amide bonds. The molecule has 0 aromatic heterocycles. The summed E-state index contributed by atoms with van der Waals surface area (Å²) in [6, 6.07) is 5.95. The van der Waals surface area contributed by atoms with E-state index in [1.54, 1.807) is 12.1 Å². The summed E-state index contributed by atoms with van der Waals surface area (Å²) in [4.78, 5) is 11.9. The molecule has 2 aliphatic rings. The number of carbonyl (C=O) groups is 1. The first-order valence-electron chi connectivity index (χ1n) is 10.2. The molecule has 0 radical (unpaired) electrons. The number of carbonyl (C=O) groups excluding carboxylic acids is 1. The Morgan fingerprint density at radius 2 is 1.45 bits per heavy atom. The number of rotatable bonds is 7. The van der Waals surface area contributed by atoms with Gasteiger partial charge in [-0.05, 0) is 12.1 Å². The molecule has 33 heavy (non-hydrogen) atoms. The molecule has 0 spiro atoms. The molecular formula is C20H28O13. The van der Waals surface area contributed by atoms with Crippen LogP contribution in [0.15, 0.2) is 24.3 Å². The van der Waals surface area contributed by atoms with Gasteiger partial charge in [0.2, 0.25) is 6.29 Å². The highest BCUT2D eigenvalue weighted by atomic mass is 16.7. The lowest BCUT2D eigenvalue weighted by atomic mass is 9.97. The second-order valence-corrected chi connectivity index (χ2v) is 7.61. The fourth-order valence-corrected chi connectivity index (χ4v) is 3.63. The summed E-state index contributed by atoms with van der Waals surface area (Å²) in [7, 11) is 1.18. The first kappa shape index (κ1) is 25.7. The number of hydrogen-bond acceptors (Lipinski definition) is 13. The number of hydrogen-bond donors (Lipinski definition) is 7. The van der Waals surface area contributed by atoms with Gasteiger partial charge in [-0.2, -0.15) is 0 Å². The Morgan fingerprint density at radius 3 is 2.09 bits per heavy atom. The van der Waals surface area contributed by atoms with Crippen molar-refractivity contribution in [2.45, 2.75) is 61.4 Å². The largest absolute Gasteiger partial charge is 0.465 e. The van der Waals surface area contributed by atoms with Crippen LogP contribution in [0.1, 0.15) is 10.4 Å². The van der Waals surface area contributed by atoms with Crippen molar-refractivity contribution < 1.29 is 64.2 Å². The van der Waals surface area contributed by atoms with Gasteiger partial charge >= 0.3 is 5.97 Å². The molecule has 10 atom stereocenters. The van der Waals surface area contributed by atoms with Gasteiger partial charge in [-0.15, -0.1) is 0 Å². The molecule has 0 bridgehead atoms. The van der Waals surface area contributed by atoms with Gasteiger partial charge in [0.15, 0.2) is 6.29 Å². The third-order valence-electron chi connectivity index (χ3n) is 5.50. The maximum Gasteiger partial charge on any atom is 0.341 e. The summed E-state index contributed by atoms with van der Waals surface area (Å²) in [5.74, 6) is -0.718. The van der Waals surface area contributed by atoms with Gasteiger partial charge in [0.05, 0.1) is 20.3 Å². The van der Waals surface area contributed by atoms with Crippen molar-refractivity contribution >= 4 is 5.97 Å². The maximum atomic E-state index is 11.9. The average molecular weight is 476 g/mol. The van der Waals surface area contributed by atoms with E-state index in [-0.39, 0.29) is 11.3 Å². The minimum atomic E-state index is -1.77. The second kappa shape index (κ2) is 11.0. The number of para-hydroxylation sites is 1. The zero-order valence-corrected chi connectivity index (χ0v) is 17.6. The van der Waals surface area contributed by atoms with Gasteiger partial charge in [-0.25, -0.2) is 4.79 Å². The number of benzene rings is 1. The Morgan fingerprint density at radius 1 is 0.848 bits per heavy atom. The van der Waals surface area contributed by atoms with Crippen LogP contribution < -0.4 is 4.74 Å². The predicted octanol–water partition coefficient (Wildman–Crippen LogP) is -3.52. The highest BCUT2D eigenvalue weighted by Gasteiger charge is 2.51. The molecule has 2 heterocycles. The Bertz CT molecular complexity index is 787. The lowest BCUT2D eigenvalue weighted by Gasteiger charge is -2.45. The Kier molecular flexibility index (Phi) is 8.58. The van der Waals surface area contributed by atoms with E-state index in [2.05, 4.69) is 4.74 Å². The smallest absolute Gasteiger partial charge is 0.341 e. The Hall–Kier alpha value is -1.91. The van der Waals surface area contributed by atoms with Crippen molar-refractivity contribution in [3.63, 3.8) is 0 Å². The molecule has 0 saturated carbocycles. The minimum Gasteiger partial charge on any atom is -0.465 e. The van der Waals surface area contributed by atoms with E-state index in [1.165, 1.54) is 19.2 Å². The van der Waals surface area contributed by atoms with Gasteiger partial charge in [-0.1, -0.05) is 12.1 Å². The summed E-state index contributed by atoms with van der Waals surface area (Å²) in [5.41, 5.74) is 0.0329. The van der Waals surface area contributed by atoms with Crippen LogP contribution in [0.4, 0.5) is 0 Å². The van der Waals surface area contributed by atoms with E-state index in [1.807, 2.05) is 0 Å². The van der Waals surface area contributed by atoms with Crippen LogP contribution in [0.3, 0.4) is 0 Å². The summed E-state index contributed by atoms with van der Waals surface area (Å²) >= 11 is 0. The van der Waals surface area contributed by atoms with E-state index in [4.69, 9.17) is 18.9 Å². The molecule has 186 valence electrons. The van der Waals surface area contributed by atoms with Crippen molar-refractivity contribution in [3.8, 4) is 5.75 Å². The topological polar surface area (TPSA) is 205 Å². The van der Waals surface area contributed by atoms with Crippen LogP contribution in [-0.2, 0) is 18.9 Å². The van der Waals surface area contributed by atoms with Crippen LogP contribution in [0.2, 0.25) is 0 Å². The second-order valence-electron chi connectivity index (χ2n) is 7.61. The van der Waals surface area contributed by atoms with Crippen LogP contribution in [0, 0.1) is 0 Å². The van der Waals surface area contributed by atoms with E-state index in [9.17, 15) is 40.5 Å². The van der Waals surface area contributed by atoms with Gasteiger partial charge < -0.3 is 59.4 Å². The zero-order valence-electron chi connectivity index (χ0n) is 17.6. The zero-order chi connectivity index (χ0) is 24.3. The molecule has 1 aromatic carbocycles. The standard InChI is InChI=1S/C20H28O13/c1-29-18(28)8-4-2-3-5-9(8)30-19-16(27)14(25)17(11(7-22)32-19)33-20-15(26)13(24)12(23)10(6-21)31-20/h2-5,10-17,19-27H,6-7H2,1H3/t10?,11-,12+,13+,14-,15-,16-,17-,19-,20+/m1/s1. The van der Waals surface area contributed by atoms with Crippen molar-refractivity contribution in [2.24, 2.45) is 0 Å². The predicted molar refractivity (Wildman–Crippen MR) is 105 cm³/mol. The summed E-state index contributed by atoms with van der Waals surface area (Å²) in [6.45, 7) is -1.42. The highest BCUT2D eigenvalue weighted by Crippen LogP contribution is 2.31. The van der Waals surface area contributed by atoms with Crippen molar-refractivity contribution in [3.05, 3.63) is 29.8 Å². The highest BCUT2D eigenvalue weighted by molar-refractivity contribution is 5.92. The quantitative estimate of drug-likeness (QED) is 0.191. The SMILES string of the molecule is COC(=O)c1ccccc1O[C@@H]1O[C@H](CO)[C@@H](O[C@@H]2OC(CO)[C@H](O)[C@H](O)[C@H]2O)[C@H](O)[C@H]1O. The molecule has 2 aliphatic heterocycles. The fourth-order valence-electron chi connectivity index (χ4n) is 3.63. The number of esters is 1. The van der Waals surface area contributed by atoms with Gasteiger partial charge in [0.1, 0.15) is 60.1 Å². The van der Waals surface area contributed by atoms with Crippen molar-refractivity contribution in [2.75, 3.05) is 20.3 Å². The Labute approximate surface area is 188 Å². The van der Waals surface area contributed by atoms with Crippen LogP contribution in [0.5, 0.6) is 5.75 Å². The molecule has 7 N–H and O–H groups in total. The summed E-state index contributed by atoms with van der Waals surface area (Å²) < 4.78 is 26.5. The summed E-state index contributed by atoms with van der Waals surface area (Å²) in [6.07, 6.45) is -15.8. The normalized spacial score (nSPS) is 39.2. The van der Waals surface area contributed by atoms with Gasteiger partial charge in [0.25, 0.3) is 0 Å². The lowest BCUT2D eigenvalue weighted by molar-refractivity contribution is -0.352. The molecule has 2 fully saturated rings. The molecule has 2 saturated heterocycles. The van der Waals surface area contributed by atoms with Crippen molar-refractivity contribution in [1.29, 1.82) is 0 Å². The van der Waals surface area contributed by atoms with Crippen LogP contribution in [-0.4, -0.2) is 123 Å². The van der Waals surface area contributed by atoms with Crippen LogP contribution >= 0.6 is 0 Å². The molecule has 1 unspecified atom stereocenters. The van der Waals surface area contributed by atoms with Crippen LogP contribution in [0.25, 0.3) is 0 Å². The van der Waals surface area contributed by atoms with Crippen molar-refractivity contribution in [1.82, 2.24) is 0 Å². The molecular weight excluding hydrogens is 448 g/mol. The number of methoxy groups -OCH3 is 1. The van der Waals surface area contributed by atoms with E-state index in [0.29, 0.717) is 0 Å². The third-order valence-corrected chi connectivity index (χ3v) is 5.50. The average Bonchev–Trinajstić information content (AvgIpc) is 2.83. The van der Waals surface area contributed by atoms with E-state index < -0.39 is 80.6 Å². The fraction of sp³-hybridized carbons (Fsp3) is 0.650. The number of aliphatic hydroxyl groups excluding tert-OH is 7. The monoisotopic (exact) mass is 476 g/mol. The Balaban J connectivity index is 1.75. The molecule has 13 nitrogen and oxygen atoms in total. The molecule has 1 aromatic rings. The summed E-state index contributed by atoms with van der Waals surface area (Å²) in [5, 5.41) is 70.2. The van der Waals surface area contributed by atoms with E-state index in [0.717, 1.165) is 0 Å². The van der Waals surface area contributed by atoms with Gasteiger partial charge in [-0.3, -0.25) is 0 Å². The number of ether oxygens (including phenoxy) is 5. The van der Waals surface area contributed by atoms with Gasteiger partial charge in [0, 0.05) is 0 Å². The minimum absolute atomic E-state index is 0.00871. The molecule has 13 heteroatoms. The molecule has 3 rings (SSSR count). The lowest BCUT2D eigenvalue weighted by Crippen LogP contribution is -2.65. The third kappa shape index (κ3) is 5.27. The number of aliphatic hydroxyl groups is 7. The maximum absolute atomic E-state index is 11.9. The first-order valence-corrected chi connectivity index (χ1v) is 10.2. The van der Waals surface area contributed by atoms with E-state index >= 15 is 0 Å². The molecule has 0 aliphatic carbocycles.